The minimum absolute atomic E-state index is 0.363. The molecule has 98 valence electrons. The Morgan fingerprint density at radius 1 is 1.67 bits per heavy atom. The van der Waals surface area contributed by atoms with Gasteiger partial charge in [-0.3, -0.25) is 10.00 Å². The summed E-state index contributed by atoms with van der Waals surface area (Å²) in [5, 5.41) is 17.7. The molecule has 1 fully saturated rings. The quantitative estimate of drug-likeness (QED) is 0.826. The maximum atomic E-state index is 9.40. The van der Waals surface area contributed by atoms with E-state index in [9.17, 15) is 5.26 Å². The van der Waals surface area contributed by atoms with Gasteiger partial charge in [0.2, 0.25) is 0 Å². The van der Waals surface area contributed by atoms with Crippen LogP contribution in [0.3, 0.4) is 0 Å². The summed E-state index contributed by atoms with van der Waals surface area (Å²) in [4.78, 5) is 0. The van der Waals surface area contributed by atoms with Gasteiger partial charge in [0, 0.05) is 18.8 Å². The number of nitriles is 1. The Kier molecular flexibility index (Phi) is 4.26. The van der Waals surface area contributed by atoms with Crippen molar-refractivity contribution in [2.24, 2.45) is 0 Å². The minimum Gasteiger partial charge on any atom is -0.297 e. The summed E-state index contributed by atoms with van der Waals surface area (Å²) in [6.45, 7) is 2.88. The van der Waals surface area contributed by atoms with Crippen molar-refractivity contribution in [3.05, 3.63) is 17.4 Å². The molecule has 1 aliphatic carbocycles. The zero-order valence-corrected chi connectivity index (χ0v) is 11.5. The number of aromatic nitrogens is 2. The van der Waals surface area contributed by atoms with E-state index in [-0.39, 0.29) is 5.54 Å². The molecule has 1 N–H and O–H groups in total. The van der Waals surface area contributed by atoms with E-state index in [0.717, 1.165) is 25.8 Å². The Balaban J connectivity index is 1.83. The zero-order valence-electron chi connectivity index (χ0n) is 10.7. The van der Waals surface area contributed by atoms with Crippen LogP contribution < -0.4 is 5.32 Å². The number of hydrogen-bond donors (Lipinski definition) is 1. The molecule has 1 saturated carbocycles. The highest BCUT2D eigenvalue weighted by Gasteiger charge is 2.34. The fourth-order valence-electron chi connectivity index (χ4n) is 2.14. The number of hydrogen-bond acceptors (Lipinski definition) is 3. The van der Waals surface area contributed by atoms with Crippen LogP contribution in [0.25, 0.3) is 0 Å². The van der Waals surface area contributed by atoms with Crippen molar-refractivity contribution in [2.75, 3.05) is 0 Å². The van der Waals surface area contributed by atoms with Gasteiger partial charge in [-0.15, -0.1) is 0 Å². The molecule has 0 spiro atoms. The molecule has 18 heavy (non-hydrogen) atoms. The van der Waals surface area contributed by atoms with Crippen LogP contribution in [0.1, 0.15) is 39.0 Å². The topological polar surface area (TPSA) is 53.6 Å². The lowest BCUT2D eigenvalue weighted by Crippen LogP contribution is -2.44. The molecule has 1 aromatic rings. The van der Waals surface area contributed by atoms with Crippen molar-refractivity contribution >= 4 is 11.6 Å². The van der Waals surface area contributed by atoms with Gasteiger partial charge in [0.15, 0.2) is 0 Å². The Bertz CT molecular complexity index is 432. The van der Waals surface area contributed by atoms with E-state index < -0.39 is 0 Å². The van der Waals surface area contributed by atoms with E-state index in [1.165, 1.54) is 12.8 Å². The highest BCUT2D eigenvalue weighted by atomic mass is 35.5. The third-order valence-electron chi connectivity index (χ3n) is 3.47. The summed E-state index contributed by atoms with van der Waals surface area (Å²) in [6, 6.07) is 3.02. The number of nitrogens with zero attached hydrogens (tertiary/aromatic N) is 3. The first kappa shape index (κ1) is 13.4. The van der Waals surface area contributed by atoms with Crippen LogP contribution in [0, 0.1) is 11.3 Å². The summed E-state index contributed by atoms with van der Waals surface area (Å²) in [6.07, 6.45) is 8.50. The van der Waals surface area contributed by atoms with E-state index in [0.29, 0.717) is 11.1 Å². The molecule has 0 saturated heterocycles. The molecule has 1 unspecified atom stereocenters. The van der Waals surface area contributed by atoms with E-state index in [4.69, 9.17) is 11.6 Å². The van der Waals surface area contributed by atoms with Crippen molar-refractivity contribution in [3.8, 4) is 6.07 Å². The number of halogens is 1. The maximum absolute atomic E-state index is 9.40. The first-order valence-electron chi connectivity index (χ1n) is 6.54. The Morgan fingerprint density at radius 3 is 2.94 bits per heavy atom. The molecule has 0 aliphatic heterocycles. The van der Waals surface area contributed by atoms with Gasteiger partial charge in [-0.25, -0.2) is 0 Å². The molecule has 1 aromatic heterocycles. The van der Waals surface area contributed by atoms with E-state index in [1.807, 2.05) is 10.9 Å². The molecule has 1 aliphatic rings. The average Bonchev–Trinajstić information content (AvgIpc) is 3.09. The highest BCUT2D eigenvalue weighted by molar-refractivity contribution is 6.30. The van der Waals surface area contributed by atoms with Crippen LogP contribution in [-0.2, 0) is 6.54 Å². The molecule has 4 nitrogen and oxygen atoms in total. The van der Waals surface area contributed by atoms with Gasteiger partial charge in [0.1, 0.15) is 5.54 Å². The number of rotatable bonds is 7. The van der Waals surface area contributed by atoms with Crippen molar-refractivity contribution < 1.29 is 0 Å². The second-order valence-electron chi connectivity index (χ2n) is 4.99. The van der Waals surface area contributed by atoms with Gasteiger partial charge < -0.3 is 0 Å². The van der Waals surface area contributed by atoms with Gasteiger partial charge in [-0.2, -0.15) is 10.4 Å². The minimum atomic E-state index is -0.363. The largest absolute Gasteiger partial charge is 0.297 e. The molecule has 1 heterocycles. The summed E-state index contributed by atoms with van der Waals surface area (Å²) in [5.41, 5.74) is -0.363. The third kappa shape index (κ3) is 3.47. The second kappa shape index (κ2) is 5.73. The van der Waals surface area contributed by atoms with E-state index in [2.05, 4.69) is 23.4 Å². The lowest BCUT2D eigenvalue weighted by molar-refractivity contribution is 0.348. The van der Waals surface area contributed by atoms with Crippen LogP contribution in [0.4, 0.5) is 0 Å². The molecule has 0 amide bonds. The van der Waals surface area contributed by atoms with Gasteiger partial charge >= 0.3 is 0 Å². The zero-order chi connectivity index (χ0) is 13.0. The first-order valence-corrected chi connectivity index (χ1v) is 6.92. The van der Waals surface area contributed by atoms with Gasteiger partial charge in [0.25, 0.3) is 0 Å². The summed E-state index contributed by atoms with van der Waals surface area (Å²) in [7, 11) is 0. The molecule has 1 atom stereocenters. The van der Waals surface area contributed by atoms with Crippen molar-refractivity contribution in [1.82, 2.24) is 15.1 Å². The van der Waals surface area contributed by atoms with Gasteiger partial charge in [0.05, 0.1) is 17.3 Å². The molecule has 0 aromatic carbocycles. The first-order chi connectivity index (χ1) is 8.67. The van der Waals surface area contributed by atoms with Gasteiger partial charge in [-0.05, 0) is 32.1 Å². The monoisotopic (exact) mass is 266 g/mol. The summed E-state index contributed by atoms with van der Waals surface area (Å²) >= 11 is 5.81. The van der Waals surface area contributed by atoms with Crippen LogP contribution >= 0.6 is 11.6 Å². The molecule has 5 heteroatoms. The molecular weight excluding hydrogens is 248 g/mol. The summed E-state index contributed by atoms with van der Waals surface area (Å²) < 4.78 is 1.83. The predicted molar refractivity (Wildman–Crippen MR) is 71.3 cm³/mol. The maximum Gasteiger partial charge on any atom is 0.106 e. The Morgan fingerprint density at radius 2 is 2.44 bits per heavy atom. The fraction of sp³-hybridized carbons (Fsp3) is 0.692. The second-order valence-corrected chi connectivity index (χ2v) is 5.43. The Labute approximate surface area is 113 Å². The fourth-order valence-corrected chi connectivity index (χ4v) is 2.30. The third-order valence-corrected chi connectivity index (χ3v) is 3.66. The van der Waals surface area contributed by atoms with Crippen LogP contribution in [0.2, 0.25) is 5.02 Å². The van der Waals surface area contributed by atoms with Crippen molar-refractivity contribution in [3.63, 3.8) is 0 Å². The smallest absolute Gasteiger partial charge is 0.106 e. The van der Waals surface area contributed by atoms with Crippen LogP contribution in [0.5, 0.6) is 0 Å². The normalized spacial score (nSPS) is 18.3. The molecule has 0 radical (unpaired) electrons. The standard InChI is InChI=1S/C13H19ClN4/c1-2-13(10-15,17-12-4-5-12)6-3-7-18-9-11(14)8-16-18/h8-9,12,17H,2-7H2,1H3. The predicted octanol–water partition coefficient (Wildman–Crippen LogP) is 2.74. The van der Waals surface area contributed by atoms with E-state index >= 15 is 0 Å². The lowest BCUT2D eigenvalue weighted by atomic mass is 9.92. The highest BCUT2D eigenvalue weighted by Crippen LogP contribution is 2.26. The lowest BCUT2D eigenvalue weighted by Gasteiger charge is -2.26. The van der Waals surface area contributed by atoms with Crippen LogP contribution in [0.15, 0.2) is 12.4 Å². The SMILES string of the molecule is CCC(C#N)(CCCn1cc(Cl)cn1)NC1CC1. The molecule has 0 bridgehead atoms. The Hall–Kier alpha value is -1.05. The average molecular weight is 267 g/mol. The number of nitrogens with one attached hydrogen (secondary N) is 1. The number of aryl methyl sites for hydroxylation is 1. The molecular formula is C13H19ClN4. The van der Waals surface area contributed by atoms with E-state index in [1.54, 1.807) is 6.20 Å². The van der Waals surface area contributed by atoms with Crippen molar-refractivity contribution in [2.45, 2.75) is 57.2 Å². The van der Waals surface area contributed by atoms with Gasteiger partial charge in [-0.1, -0.05) is 18.5 Å². The van der Waals surface area contributed by atoms with Crippen LogP contribution in [-0.4, -0.2) is 21.4 Å². The van der Waals surface area contributed by atoms with Crippen molar-refractivity contribution in [1.29, 1.82) is 5.26 Å². The summed E-state index contributed by atoms with van der Waals surface area (Å²) in [5.74, 6) is 0. The molecule has 2 rings (SSSR count).